The van der Waals surface area contributed by atoms with Crippen LogP contribution in [0.1, 0.15) is 29.4 Å². The van der Waals surface area contributed by atoms with Crippen molar-refractivity contribution < 1.29 is 23.8 Å². The highest BCUT2D eigenvalue weighted by Crippen LogP contribution is 2.38. The van der Waals surface area contributed by atoms with Gasteiger partial charge in [-0.15, -0.1) is 0 Å². The third kappa shape index (κ3) is 4.14. The Kier molecular flexibility index (Phi) is 5.81. The smallest absolute Gasteiger partial charge is 0.227 e. The molecule has 0 bridgehead atoms. The first-order chi connectivity index (χ1) is 13.0. The van der Waals surface area contributed by atoms with Crippen LogP contribution in [0.25, 0.3) is 0 Å². The number of morpholine rings is 1. The monoisotopic (exact) mass is 373 g/mol. The van der Waals surface area contributed by atoms with Crippen LogP contribution in [0, 0.1) is 6.92 Å². The van der Waals surface area contributed by atoms with Gasteiger partial charge in [0.15, 0.2) is 5.76 Å². The van der Waals surface area contributed by atoms with Crippen molar-refractivity contribution in [3.63, 3.8) is 0 Å². The second kappa shape index (κ2) is 8.26. The van der Waals surface area contributed by atoms with Gasteiger partial charge in [-0.05, 0) is 13.0 Å². The zero-order valence-corrected chi connectivity index (χ0v) is 15.4. The molecule has 1 unspecified atom stereocenters. The van der Waals surface area contributed by atoms with Gasteiger partial charge in [-0.3, -0.25) is 9.59 Å². The highest BCUT2D eigenvalue weighted by molar-refractivity contribution is 5.78. The van der Waals surface area contributed by atoms with Gasteiger partial charge in [0, 0.05) is 31.1 Å². The van der Waals surface area contributed by atoms with Crippen LogP contribution in [0.15, 0.2) is 39.5 Å². The first-order valence-electron chi connectivity index (χ1n) is 8.83. The van der Waals surface area contributed by atoms with Crippen molar-refractivity contribution in [3.05, 3.63) is 57.6 Å². The van der Waals surface area contributed by atoms with Gasteiger partial charge in [0.1, 0.15) is 11.5 Å². The molecule has 1 fully saturated rings. The van der Waals surface area contributed by atoms with E-state index in [1.165, 1.54) is 13.2 Å². The van der Waals surface area contributed by atoms with E-state index in [-0.39, 0.29) is 18.1 Å². The van der Waals surface area contributed by atoms with Crippen molar-refractivity contribution in [2.45, 2.75) is 19.3 Å². The molecule has 1 amide bonds. The number of methoxy groups -OCH3 is 1. The minimum atomic E-state index is -0.649. The lowest BCUT2D eigenvalue weighted by atomic mass is 9.90. The normalized spacial score (nSPS) is 15.4. The summed E-state index contributed by atoms with van der Waals surface area (Å²) in [5, 5.41) is 10.3. The predicted octanol–water partition coefficient (Wildman–Crippen LogP) is 2.04. The average Bonchev–Trinajstić information content (AvgIpc) is 2.69. The van der Waals surface area contributed by atoms with E-state index in [1.807, 2.05) is 12.1 Å². The molecular formula is C20H23NO6. The number of carbonyl (C=O) groups is 1. The lowest BCUT2D eigenvalue weighted by Crippen LogP contribution is -2.41. The van der Waals surface area contributed by atoms with Crippen molar-refractivity contribution in [1.29, 1.82) is 0 Å². The maximum absolute atomic E-state index is 12.9. The number of rotatable bonds is 5. The van der Waals surface area contributed by atoms with Crippen LogP contribution < -0.4 is 10.2 Å². The summed E-state index contributed by atoms with van der Waals surface area (Å²) in [7, 11) is 1.53. The van der Waals surface area contributed by atoms with Gasteiger partial charge in [-0.25, -0.2) is 0 Å². The molecule has 0 saturated carbocycles. The van der Waals surface area contributed by atoms with E-state index in [1.54, 1.807) is 24.0 Å². The minimum absolute atomic E-state index is 0.0420. The van der Waals surface area contributed by atoms with Crippen LogP contribution in [0.4, 0.5) is 0 Å². The number of hydrogen-bond acceptors (Lipinski definition) is 6. The Morgan fingerprint density at radius 2 is 2.00 bits per heavy atom. The molecule has 1 aliphatic rings. The summed E-state index contributed by atoms with van der Waals surface area (Å²) in [6.07, 6.45) is 0.0420. The van der Waals surface area contributed by atoms with Crippen LogP contribution in [0.3, 0.4) is 0 Å². The molecule has 144 valence electrons. The maximum Gasteiger partial charge on any atom is 0.227 e. The number of amides is 1. The molecule has 1 N–H and O–H groups in total. The van der Waals surface area contributed by atoms with Gasteiger partial charge in [0.25, 0.3) is 0 Å². The molecule has 1 saturated heterocycles. The molecule has 7 heteroatoms. The highest BCUT2D eigenvalue weighted by atomic mass is 16.5. The molecule has 1 aromatic carbocycles. The number of benzene rings is 1. The van der Waals surface area contributed by atoms with Crippen molar-refractivity contribution in [2.24, 2.45) is 0 Å². The molecule has 2 heterocycles. The number of nitrogens with zero attached hydrogens (tertiary/aromatic N) is 1. The second-order valence-corrected chi connectivity index (χ2v) is 6.43. The molecule has 7 nitrogen and oxygen atoms in total. The Bertz CT molecular complexity index is 869. The largest absolute Gasteiger partial charge is 0.502 e. The summed E-state index contributed by atoms with van der Waals surface area (Å²) in [5.74, 6) is -0.230. The van der Waals surface area contributed by atoms with Gasteiger partial charge in [-0.1, -0.05) is 18.2 Å². The Hall–Kier alpha value is -2.80. The van der Waals surface area contributed by atoms with Crippen LogP contribution in [0.2, 0.25) is 0 Å². The number of aryl methyl sites for hydroxylation is 1. The van der Waals surface area contributed by atoms with E-state index in [4.69, 9.17) is 13.9 Å². The quantitative estimate of drug-likeness (QED) is 0.863. The lowest BCUT2D eigenvalue weighted by molar-refractivity contribution is -0.135. The molecule has 1 atom stereocenters. The molecule has 3 rings (SSSR count). The number of aromatic hydroxyl groups is 1. The van der Waals surface area contributed by atoms with Gasteiger partial charge >= 0.3 is 0 Å². The fourth-order valence-electron chi connectivity index (χ4n) is 3.28. The molecule has 0 aliphatic carbocycles. The van der Waals surface area contributed by atoms with Crippen molar-refractivity contribution in [3.8, 4) is 11.5 Å². The van der Waals surface area contributed by atoms with E-state index >= 15 is 0 Å². The van der Waals surface area contributed by atoms with Crippen LogP contribution in [-0.4, -0.2) is 49.3 Å². The van der Waals surface area contributed by atoms with Crippen LogP contribution in [0.5, 0.6) is 11.5 Å². The summed E-state index contributed by atoms with van der Waals surface area (Å²) in [6, 6.07) is 8.43. The van der Waals surface area contributed by atoms with Gasteiger partial charge in [-0.2, -0.15) is 0 Å². The third-order valence-electron chi connectivity index (χ3n) is 4.65. The summed E-state index contributed by atoms with van der Waals surface area (Å²) in [6.45, 7) is 3.65. The number of ether oxygens (including phenoxy) is 2. The lowest BCUT2D eigenvalue weighted by Gasteiger charge is -2.29. The van der Waals surface area contributed by atoms with Crippen LogP contribution in [-0.2, 0) is 9.53 Å². The topological polar surface area (TPSA) is 89.2 Å². The SMILES string of the molecule is COc1ccccc1C(CC(=O)N1CCOCC1)c1oc(C)cc(=O)c1O. The van der Waals surface area contributed by atoms with Gasteiger partial charge < -0.3 is 23.9 Å². The zero-order chi connectivity index (χ0) is 19.4. The molecule has 27 heavy (non-hydrogen) atoms. The van der Waals surface area contributed by atoms with E-state index < -0.39 is 17.1 Å². The van der Waals surface area contributed by atoms with Crippen molar-refractivity contribution in [2.75, 3.05) is 33.4 Å². The van der Waals surface area contributed by atoms with E-state index in [0.717, 1.165) is 0 Å². The minimum Gasteiger partial charge on any atom is -0.502 e. The Labute approximate surface area is 157 Å². The summed E-state index contributed by atoms with van der Waals surface area (Å²) < 4.78 is 16.4. The third-order valence-corrected chi connectivity index (χ3v) is 4.65. The number of para-hydroxylation sites is 1. The zero-order valence-electron chi connectivity index (χ0n) is 15.4. The second-order valence-electron chi connectivity index (χ2n) is 6.43. The summed E-state index contributed by atoms with van der Waals surface area (Å²) >= 11 is 0. The Morgan fingerprint density at radius 3 is 2.70 bits per heavy atom. The molecule has 0 spiro atoms. The first kappa shape index (κ1) is 19.0. The number of carbonyl (C=O) groups excluding carboxylic acids is 1. The van der Waals surface area contributed by atoms with Crippen molar-refractivity contribution >= 4 is 5.91 Å². The Balaban J connectivity index is 2.04. The fraction of sp³-hybridized carbons (Fsp3) is 0.400. The number of hydrogen-bond donors (Lipinski definition) is 1. The highest BCUT2D eigenvalue weighted by Gasteiger charge is 2.30. The molecule has 0 radical (unpaired) electrons. The standard InChI is InChI=1S/C20H23NO6/c1-13-11-16(22)19(24)20(27-13)15(14-5-3-4-6-17(14)25-2)12-18(23)21-7-9-26-10-8-21/h3-6,11,15,24H,7-10,12H2,1-2H3. The van der Waals surface area contributed by atoms with E-state index in [2.05, 4.69) is 0 Å². The Morgan fingerprint density at radius 1 is 1.30 bits per heavy atom. The van der Waals surface area contributed by atoms with Gasteiger partial charge in [0.05, 0.1) is 26.2 Å². The van der Waals surface area contributed by atoms with E-state index in [0.29, 0.717) is 43.4 Å². The van der Waals surface area contributed by atoms with Gasteiger partial charge in [0.2, 0.25) is 17.1 Å². The predicted molar refractivity (Wildman–Crippen MR) is 98.2 cm³/mol. The fourth-order valence-corrected chi connectivity index (χ4v) is 3.28. The summed E-state index contributed by atoms with van der Waals surface area (Å²) in [4.78, 5) is 26.7. The first-order valence-corrected chi connectivity index (χ1v) is 8.83. The molecule has 2 aromatic rings. The average molecular weight is 373 g/mol. The van der Waals surface area contributed by atoms with Crippen LogP contribution >= 0.6 is 0 Å². The van der Waals surface area contributed by atoms with Crippen molar-refractivity contribution in [1.82, 2.24) is 4.90 Å². The molecule has 1 aromatic heterocycles. The maximum atomic E-state index is 12.9. The molecule has 1 aliphatic heterocycles. The summed E-state index contributed by atoms with van der Waals surface area (Å²) in [5.41, 5.74) is 0.137. The molecular weight excluding hydrogens is 350 g/mol. The van der Waals surface area contributed by atoms with E-state index in [9.17, 15) is 14.7 Å².